The van der Waals surface area contributed by atoms with Gasteiger partial charge < -0.3 is 14.6 Å². The number of aliphatic hydroxyl groups is 2. The van der Waals surface area contributed by atoms with Gasteiger partial charge >= 0.3 is 0 Å². The fourth-order valence-electron chi connectivity index (χ4n) is 7.16. The molecule has 0 bridgehead atoms. The minimum absolute atomic E-state index is 0.00166. The van der Waals surface area contributed by atoms with Crippen molar-refractivity contribution in [1.29, 1.82) is 0 Å². The van der Waals surface area contributed by atoms with Crippen molar-refractivity contribution in [3.05, 3.63) is 12.2 Å². The highest BCUT2D eigenvalue weighted by Gasteiger charge is 2.58. The van der Waals surface area contributed by atoms with Crippen LogP contribution in [-0.4, -0.2) is 58.6 Å². The van der Waals surface area contributed by atoms with Gasteiger partial charge in [-0.05, 0) is 91.2 Å². The van der Waals surface area contributed by atoms with Crippen molar-refractivity contribution in [3.63, 3.8) is 0 Å². The summed E-state index contributed by atoms with van der Waals surface area (Å²) >= 11 is 0. The average molecular weight is 531 g/mol. The highest BCUT2D eigenvalue weighted by molar-refractivity contribution is 7.85. The second-order valence-corrected chi connectivity index (χ2v) is 20.3. The molecule has 3 rings (SSSR count). The fourth-order valence-corrected chi connectivity index (χ4v) is 8.61. The maximum Gasteiger partial charge on any atom is 0.264 e. The molecular weight excluding hydrogens is 480 g/mol. The van der Waals surface area contributed by atoms with Crippen LogP contribution in [0.25, 0.3) is 0 Å². The first-order valence-corrected chi connectivity index (χ1v) is 18.1. The lowest BCUT2D eigenvalue weighted by Gasteiger charge is -2.57. The molecule has 0 aromatic heterocycles. The zero-order chi connectivity index (χ0) is 26.6. The standard InChI is InChI=1S/C27H50O6SSi/c1-18-10-11-21-20(17-32-34(7,30)31)22(12-13-26(18,21)5)27(6)15-24(29)23(28)14-19(27)16-33-35(8,9)25(2,3)4/h19-24,28-29H,1,10-17H2,2-9H3/t19-,20+,21?,22?,23+,24-,26-,27+/m1/s1. The third-order valence-electron chi connectivity index (χ3n) is 10.7. The van der Waals surface area contributed by atoms with Crippen molar-refractivity contribution in [2.24, 2.45) is 34.5 Å². The zero-order valence-corrected chi connectivity index (χ0v) is 25.1. The maximum absolute atomic E-state index is 12.0. The lowest BCUT2D eigenvalue weighted by Crippen LogP contribution is -2.56. The Labute approximate surface area is 215 Å². The van der Waals surface area contributed by atoms with E-state index in [1.807, 2.05) is 0 Å². The van der Waals surface area contributed by atoms with Crippen molar-refractivity contribution >= 4 is 18.4 Å². The second kappa shape index (κ2) is 9.81. The Morgan fingerprint density at radius 3 is 2.29 bits per heavy atom. The number of aliphatic hydroxyl groups excluding tert-OH is 2. The number of hydrogen-bond acceptors (Lipinski definition) is 6. The molecule has 0 radical (unpaired) electrons. The normalized spacial score (nSPS) is 41.1. The van der Waals surface area contributed by atoms with Gasteiger partial charge in [0, 0.05) is 6.61 Å². The van der Waals surface area contributed by atoms with Gasteiger partial charge in [0.1, 0.15) is 0 Å². The Hall–Kier alpha value is -0.253. The molecule has 8 heteroatoms. The Morgan fingerprint density at radius 2 is 1.71 bits per heavy atom. The minimum Gasteiger partial charge on any atom is -0.417 e. The molecule has 204 valence electrons. The lowest BCUT2D eigenvalue weighted by atomic mass is 9.49. The van der Waals surface area contributed by atoms with Gasteiger partial charge in [0.25, 0.3) is 10.1 Å². The van der Waals surface area contributed by atoms with E-state index in [4.69, 9.17) is 8.61 Å². The molecule has 0 amide bonds. The summed E-state index contributed by atoms with van der Waals surface area (Å²) in [6.07, 6.45) is 4.47. The molecular formula is C27H50O6SSi. The summed E-state index contributed by atoms with van der Waals surface area (Å²) in [5.41, 5.74) is 0.975. The number of hydrogen-bond donors (Lipinski definition) is 2. The van der Waals surface area contributed by atoms with Crippen LogP contribution in [-0.2, 0) is 18.7 Å². The molecule has 35 heavy (non-hydrogen) atoms. The van der Waals surface area contributed by atoms with Gasteiger partial charge in [0.05, 0.1) is 25.1 Å². The first kappa shape index (κ1) is 29.3. The van der Waals surface area contributed by atoms with Crippen LogP contribution in [0.15, 0.2) is 12.2 Å². The molecule has 0 saturated heterocycles. The molecule has 3 fully saturated rings. The van der Waals surface area contributed by atoms with E-state index >= 15 is 0 Å². The summed E-state index contributed by atoms with van der Waals surface area (Å²) in [6, 6.07) is 0. The highest BCUT2D eigenvalue weighted by Crippen LogP contribution is 2.63. The molecule has 0 aliphatic heterocycles. The Bertz CT molecular complexity index is 896. The largest absolute Gasteiger partial charge is 0.417 e. The van der Waals surface area contributed by atoms with Crippen molar-refractivity contribution in [2.45, 2.75) is 103 Å². The summed E-state index contributed by atoms with van der Waals surface area (Å²) in [5.74, 6) is 0.599. The molecule has 0 spiro atoms. The van der Waals surface area contributed by atoms with Crippen LogP contribution in [0.3, 0.4) is 0 Å². The minimum atomic E-state index is -3.57. The fraction of sp³-hybridized carbons (Fsp3) is 0.926. The van der Waals surface area contributed by atoms with Crippen molar-refractivity contribution in [1.82, 2.24) is 0 Å². The van der Waals surface area contributed by atoms with E-state index in [0.717, 1.165) is 31.9 Å². The van der Waals surface area contributed by atoms with E-state index in [1.54, 1.807) is 0 Å². The SMILES string of the molecule is C=C1CCC2[C@H](COS(C)(=O)=O)C([C@@]3(C)C[C@@H](O)[C@@H](O)C[C@@H]3CO[Si](C)(C)C(C)(C)C)CC[C@]12C. The molecule has 6 nitrogen and oxygen atoms in total. The van der Waals surface area contributed by atoms with Crippen molar-refractivity contribution in [2.75, 3.05) is 19.5 Å². The summed E-state index contributed by atoms with van der Waals surface area (Å²) in [4.78, 5) is 0. The first-order valence-electron chi connectivity index (χ1n) is 13.3. The van der Waals surface area contributed by atoms with Crippen LogP contribution in [0, 0.1) is 34.5 Å². The van der Waals surface area contributed by atoms with Gasteiger partial charge in [-0.25, -0.2) is 0 Å². The quantitative estimate of drug-likeness (QED) is 0.270. The van der Waals surface area contributed by atoms with Crippen LogP contribution in [0.2, 0.25) is 18.1 Å². The van der Waals surface area contributed by atoms with Crippen LogP contribution in [0.1, 0.15) is 73.1 Å². The third kappa shape index (κ3) is 5.77. The molecule has 0 heterocycles. The second-order valence-electron chi connectivity index (χ2n) is 13.8. The number of rotatable bonds is 7. The summed E-state index contributed by atoms with van der Waals surface area (Å²) in [6.45, 7) is 20.8. The average Bonchev–Trinajstić information content (AvgIpc) is 3.01. The van der Waals surface area contributed by atoms with Crippen LogP contribution >= 0.6 is 0 Å². The van der Waals surface area contributed by atoms with Gasteiger partial charge in [0.15, 0.2) is 8.32 Å². The summed E-state index contributed by atoms with van der Waals surface area (Å²) in [7, 11) is -5.57. The topological polar surface area (TPSA) is 93.1 Å². The lowest BCUT2D eigenvalue weighted by molar-refractivity contribution is -0.141. The predicted octanol–water partition coefficient (Wildman–Crippen LogP) is 5.12. The van der Waals surface area contributed by atoms with Gasteiger partial charge in [0.2, 0.25) is 0 Å². The monoisotopic (exact) mass is 530 g/mol. The zero-order valence-electron chi connectivity index (χ0n) is 23.3. The smallest absolute Gasteiger partial charge is 0.264 e. The summed E-state index contributed by atoms with van der Waals surface area (Å²) in [5, 5.41) is 21.6. The molecule has 3 aliphatic rings. The van der Waals surface area contributed by atoms with Crippen LogP contribution < -0.4 is 0 Å². The Kier molecular flexibility index (Phi) is 8.21. The molecule has 8 atom stereocenters. The van der Waals surface area contributed by atoms with E-state index in [0.29, 0.717) is 25.4 Å². The number of allylic oxidation sites excluding steroid dienone is 1. The van der Waals surface area contributed by atoms with E-state index in [1.165, 1.54) is 5.57 Å². The van der Waals surface area contributed by atoms with Crippen LogP contribution in [0.5, 0.6) is 0 Å². The van der Waals surface area contributed by atoms with E-state index in [9.17, 15) is 18.6 Å². The molecule has 3 saturated carbocycles. The molecule has 3 aliphatic carbocycles. The van der Waals surface area contributed by atoms with E-state index < -0.39 is 30.6 Å². The molecule has 2 N–H and O–H groups in total. The van der Waals surface area contributed by atoms with Gasteiger partial charge in [-0.15, -0.1) is 0 Å². The molecule has 0 aromatic rings. The maximum atomic E-state index is 12.0. The molecule has 0 aromatic carbocycles. The molecule has 2 unspecified atom stereocenters. The number of fused-ring (bicyclic) bond motifs is 1. The predicted molar refractivity (Wildman–Crippen MR) is 143 cm³/mol. The van der Waals surface area contributed by atoms with Crippen molar-refractivity contribution in [3.8, 4) is 0 Å². The van der Waals surface area contributed by atoms with Crippen LogP contribution in [0.4, 0.5) is 0 Å². The Balaban J connectivity index is 1.96. The van der Waals surface area contributed by atoms with Gasteiger partial charge in [-0.2, -0.15) is 8.42 Å². The summed E-state index contributed by atoms with van der Waals surface area (Å²) < 4.78 is 36.2. The first-order chi connectivity index (χ1) is 15.8. The van der Waals surface area contributed by atoms with Gasteiger partial charge in [-0.3, -0.25) is 4.18 Å². The van der Waals surface area contributed by atoms with E-state index in [-0.39, 0.29) is 40.2 Å². The van der Waals surface area contributed by atoms with Crippen molar-refractivity contribution < 1.29 is 27.2 Å². The highest BCUT2D eigenvalue weighted by atomic mass is 32.2. The van der Waals surface area contributed by atoms with E-state index in [2.05, 4.69) is 54.3 Å². The third-order valence-corrected chi connectivity index (χ3v) is 15.8. The van der Waals surface area contributed by atoms with Gasteiger partial charge in [-0.1, -0.05) is 46.8 Å². The Morgan fingerprint density at radius 1 is 1.09 bits per heavy atom.